The number of hydrogen-bond donors (Lipinski definition) is 0. The third-order valence-corrected chi connectivity index (χ3v) is 38.6. The average molecular weight is 1050 g/mol. The summed E-state index contributed by atoms with van der Waals surface area (Å²) in [4.78, 5) is 0. The summed E-state index contributed by atoms with van der Waals surface area (Å²) >= 11 is 0. The van der Waals surface area contributed by atoms with Gasteiger partial charge in [0, 0.05) is 38.1 Å². The number of benzene rings is 8. The lowest BCUT2D eigenvalue weighted by molar-refractivity contribution is 1.09. The van der Waals surface area contributed by atoms with Crippen LogP contribution in [0, 0.1) is 0 Å². The maximum absolute atomic E-state index is 2.39. The van der Waals surface area contributed by atoms with Crippen LogP contribution in [0.2, 0.25) is 48.4 Å². The minimum Gasteiger partial charge on any atom is -0.0633 e. The molecule has 9 heteroatoms. The van der Waals surface area contributed by atoms with Gasteiger partial charge in [0.1, 0.15) is 0 Å². The van der Waals surface area contributed by atoms with Gasteiger partial charge in [0.2, 0.25) is 0 Å². The van der Waals surface area contributed by atoms with Gasteiger partial charge in [0.25, 0.3) is 0 Å². The Morgan fingerprint density at radius 2 is 0.362 bits per heavy atom. The van der Waals surface area contributed by atoms with Gasteiger partial charge < -0.3 is 0 Å². The molecule has 0 aliphatic heterocycles. The fraction of sp³-hybridized carbons (Fsp3) is 0.200. The van der Waals surface area contributed by atoms with Crippen LogP contribution in [0.25, 0.3) is 0 Å². The smallest absolute Gasteiger partial charge is 0.0524 e. The monoisotopic (exact) mass is 1050 g/mol. The zero-order valence-electron chi connectivity index (χ0n) is 39.9. The van der Waals surface area contributed by atoms with Crippen molar-refractivity contribution in [1.82, 2.24) is 0 Å². The Bertz CT molecular complexity index is 2060. The van der Waals surface area contributed by atoms with Crippen molar-refractivity contribution in [3.8, 4) is 0 Å². The van der Waals surface area contributed by atoms with E-state index in [1.807, 2.05) is 0 Å². The van der Waals surface area contributed by atoms with Crippen LogP contribution >= 0.6 is 31.7 Å². The average Bonchev–Trinajstić information content (AvgIpc) is 3.43. The van der Waals surface area contributed by atoms with Gasteiger partial charge in [-0.2, -0.15) is 0 Å². The highest BCUT2D eigenvalue weighted by molar-refractivity contribution is 7.75. The van der Waals surface area contributed by atoms with E-state index in [1.54, 1.807) is 0 Å². The molecule has 0 nitrogen and oxygen atoms in total. The molecule has 0 unspecified atom stereocenters. The minimum atomic E-state index is -1.66. The first-order valence-corrected chi connectivity index (χ1v) is 39.2. The maximum Gasteiger partial charge on any atom is 0.0524 e. The molecule has 0 fully saturated rings. The van der Waals surface area contributed by atoms with E-state index in [9.17, 15) is 0 Å². The second kappa shape index (κ2) is 29.2. The molecular formula is C60H64P4Si5. The molecule has 0 amide bonds. The van der Waals surface area contributed by atoms with E-state index < -0.39 is 8.07 Å². The van der Waals surface area contributed by atoms with Crippen LogP contribution in [0.3, 0.4) is 0 Å². The highest BCUT2D eigenvalue weighted by Crippen LogP contribution is 2.40. The van der Waals surface area contributed by atoms with Crippen LogP contribution in [-0.2, 0) is 0 Å². The molecule has 8 rings (SSSR count). The van der Waals surface area contributed by atoms with Crippen LogP contribution in [0.15, 0.2) is 243 Å². The molecule has 0 spiro atoms. The van der Waals surface area contributed by atoms with Gasteiger partial charge in [0.15, 0.2) is 0 Å². The second-order valence-corrected chi connectivity index (χ2v) is 39.1. The third kappa shape index (κ3) is 16.3. The fourth-order valence-electron chi connectivity index (χ4n) is 9.12. The largest absolute Gasteiger partial charge is 0.0633 e. The van der Waals surface area contributed by atoms with Gasteiger partial charge in [-0.05, 0) is 97.3 Å². The topological polar surface area (TPSA) is 0 Å². The minimum absolute atomic E-state index is 0.356. The van der Waals surface area contributed by atoms with Crippen molar-refractivity contribution in [2.24, 2.45) is 0 Å². The molecule has 0 aliphatic carbocycles. The zero-order valence-corrected chi connectivity index (χ0v) is 48.4. The third-order valence-electron chi connectivity index (χ3n) is 13.0. The van der Waals surface area contributed by atoms with E-state index in [-0.39, 0.29) is 31.7 Å². The predicted molar refractivity (Wildman–Crippen MR) is 323 cm³/mol. The standard InChI is InChI=1S/C60H64P4Si5/c1-9-25-53(26-10-1)61(54-27-11-2-12-28-54)49-65-41-45-69(46-42-66-50-62(55-29-13-3-14-30-55)56-31-15-4-16-32-56,47-43-67-51-63(57-33-17-5-18-34-57)58-35-19-6-20-36-58)48-44-68-52-64(59-37-21-7-22-38-59)60-39-23-8-24-40-60/h1-40H,41-52H2. The molecule has 0 N–H and O–H groups in total. The van der Waals surface area contributed by atoms with Gasteiger partial charge in [-0.3, -0.25) is 0 Å². The van der Waals surface area contributed by atoms with Gasteiger partial charge >= 0.3 is 0 Å². The van der Waals surface area contributed by atoms with Crippen molar-refractivity contribution < 1.29 is 0 Å². The Morgan fingerprint density at radius 1 is 0.217 bits per heavy atom. The van der Waals surface area contributed by atoms with E-state index in [2.05, 4.69) is 243 Å². The van der Waals surface area contributed by atoms with Gasteiger partial charge in [0.05, 0.1) is 8.07 Å². The Balaban J connectivity index is 1.03. The van der Waals surface area contributed by atoms with E-state index in [1.165, 1.54) is 114 Å². The summed E-state index contributed by atoms with van der Waals surface area (Å²) in [5.74, 6) is 5.26. The summed E-state index contributed by atoms with van der Waals surface area (Å²) in [6.45, 7) is 0. The summed E-state index contributed by atoms with van der Waals surface area (Å²) in [7, 11) is 0.946. The predicted octanol–water partition coefficient (Wildman–Crippen LogP) is 12.3. The SMILES string of the molecule is c1ccc(P(C[Si]CC[Si](CC[Si]CP(c2ccccc2)c2ccccc2)(CC[Si]CP(c2ccccc2)c2ccccc2)CC[Si]CP(c2ccccc2)c2ccccc2)c2ccccc2)cc1. The molecule has 8 aromatic carbocycles. The Hall–Kier alpha value is -3.44. The molecule has 0 saturated carbocycles. The Morgan fingerprint density at radius 3 is 0.507 bits per heavy atom. The first-order chi connectivity index (χ1) is 34.2. The molecular weight excluding hydrogens is 985 g/mol. The van der Waals surface area contributed by atoms with Crippen LogP contribution in [0.1, 0.15) is 0 Å². The molecule has 0 saturated heterocycles. The van der Waals surface area contributed by atoms with Crippen molar-refractivity contribution in [2.75, 3.05) is 23.1 Å². The highest BCUT2D eigenvalue weighted by Gasteiger charge is 2.32. The van der Waals surface area contributed by atoms with Gasteiger partial charge in [-0.15, -0.1) is 0 Å². The Labute approximate surface area is 431 Å². The second-order valence-electron chi connectivity index (χ2n) is 17.5. The molecule has 0 aliphatic rings. The van der Waals surface area contributed by atoms with Crippen molar-refractivity contribution >= 4 is 120 Å². The van der Waals surface area contributed by atoms with E-state index >= 15 is 0 Å². The van der Waals surface area contributed by atoms with E-state index in [0.717, 1.165) is 38.1 Å². The first kappa shape index (κ1) is 51.9. The van der Waals surface area contributed by atoms with Crippen LogP contribution in [0.4, 0.5) is 0 Å². The van der Waals surface area contributed by atoms with E-state index in [4.69, 9.17) is 0 Å². The molecule has 69 heavy (non-hydrogen) atoms. The molecule has 0 heterocycles. The van der Waals surface area contributed by atoms with E-state index in [0.29, 0.717) is 0 Å². The lowest BCUT2D eigenvalue weighted by Gasteiger charge is -2.33. The van der Waals surface area contributed by atoms with Crippen molar-refractivity contribution in [3.63, 3.8) is 0 Å². The number of hydrogen-bond acceptors (Lipinski definition) is 0. The summed E-state index contributed by atoms with van der Waals surface area (Å²) in [6.07, 6.45) is 0. The number of rotatable bonds is 28. The fourth-order valence-corrected chi connectivity index (χ4v) is 39.3. The molecule has 344 valence electrons. The van der Waals surface area contributed by atoms with Crippen LogP contribution in [-0.4, -0.2) is 69.3 Å². The van der Waals surface area contributed by atoms with Crippen molar-refractivity contribution in [2.45, 2.75) is 48.4 Å². The summed E-state index contributed by atoms with van der Waals surface area (Å²) in [5.41, 5.74) is 0. The summed E-state index contributed by atoms with van der Waals surface area (Å²) < 4.78 is 0. The van der Waals surface area contributed by atoms with Crippen molar-refractivity contribution in [1.29, 1.82) is 0 Å². The van der Waals surface area contributed by atoms with Crippen molar-refractivity contribution in [3.05, 3.63) is 243 Å². The lowest BCUT2D eigenvalue weighted by atomic mass is 10.4. The maximum atomic E-state index is 2.39. The summed E-state index contributed by atoms with van der Waals surface area (Å²) in [5, 5.41) is 12.3. The molecule has 8 aromatic rings. The van der Waals surface area contributed by atoms with Gasteiger partial charge in [-0.25, -0.2) is 0 Å². The summed E-state index contributed by atoms with van der Waals surface area (Å²) in [6, 6.07) is 103. The highest BCUT2D eigenvalue weighted by atomic mass is 31.1. The lowest BCUT2D eigenvalue weighted by Crippen LogP contribution is -2.36. The first-order valence-electron chi connectivity index (χ1n) is 24.6. The molecule has 8 radical (unpaired) electrons. The molecule has 0 aromatic heterocycles. The van der Waals surface area contributed by atoms with Crippen LogP contribution < -0.4 is 42.4 Å². The Kier molecular flexibility index (Phi) is 21.9. The quantitative estimate of drug-likeness (QED) is 0.0261. The van der Waals surface area contributed by atoms with Crippen LogP contribution in [0.5, 0.6) is 0 Å². The molecule has 0 atom stereocenters. The van der Waals surface area contributed by atoms with Gasteiger partial charge in [-0.1, -0.05) is 291 Å². The normalized spacial score (nSPS) is 11.8. The zero-order chi connectivity index (χ0) is 47.0. The molecule has 0 bridgehead atoms.